The molecule has 0 aliphatic rings. The summed E-state index contributed by atoms with van der Waals surface area (Å²) >= 11 is 0. The summed E-state index contributed by atoms with van der Waals surface area (Å²) in [6.45, 7) is 4.04. The Hall–Kier alpha value is -2.55. The van der Waals surface area contributed by atoms with Gasteiger partial charge in [0, 0.05) is 6.26 Å². The number of hydrogen-bond donors (Lipinski definition) is 3. The SMILES string of the molecule is CC(C)[C@H](N)C(=O)OCCOCn1cnc2c(=O)[nH]c(N)nc21.CS(=O)(=O)[O-]. The highest BCUT2D eigenvalue weighted by Gasteiger charge is 2.18. The summed E-state index contributed by atoms with van der Waals surface area (Å²) in [5.41, 5.74) is 11.2. The molecule has 13 nitrogen and oxygen atoms in total. The lowest BCUT2D eigenvalue weighted by atomic mass is 10.1. The molecule has 0 bridgehead atoms. The molecular weight excluding hydrogens is 396 g/mol. The first-order valence-corrected chi connectivity index (χ1v) is 9.83. The monoisotopic (exact) mass is 419 g/mol. The third-order valence-corrected chi connectivity index (χ3v) is 3.19. The van der Waals surface area contributed by atoms with Crippen LogP contribution in [-0.2, 0) is 31.1 Å². The van der Waals surface area contributed by atoms with Crippen LogP contribution in [0.4, 0.5) is 5.95 Å². The molecule has 0 amide bonds. The van der Waals surface area contributed by atoms with Gasteiger partial charge in [-0.1, -0.05) is 13.8 Å². The Kier molecular flexibility index (Phi) is 8.49. The van der Waals surface area contributed by atoms with Crippen LogP contribution in [0.3, 0.4) is 0 Å². The molecule has 0 fully saturated rings. The molecule has 1 atom stereocenters. The van der Waals surface area contributed by atoms with Crippen LogP contribution < -0.4 is 17.0 Å². The maximum Gasteiger partial charge on any atom is 0.323 e. The number of carbonyl (C=O) groups is 1. The fraction of sp³-hybridized carbons (Fsp3) is 0.571. The minimum atomic E-state index is -3.92. The molecule has 0 unspecified atom stereocenters. The van der Waals surface area contributed by atoms with E-state index < -0.39 is 27.7 Å². The Morgan fingerprint density at radius 3 is 2.57 bits per heavy atom. The van der Waals surface area contributed by atoms with E-state index >= 15 is 0 Å². The van der Waals surface area contributed by atoms with Crippen molar-refractivity contribution in [3.63, 3.8) is 0 Å². The van der Waals surface area contributed by atoms with Crippen LogP contribution in [-0.4, -0.2) is 64.0 Å². The molecule has 0 radical (unpaired) electrons. The Morgan fingerprint density at radius 2 is 2.00 bits per heavy atom. The highest BCUT2D eigenvalue weighted by atomic mass is 32.2. The van der Waals surface area contributed by atoms with E-state index in [0.29, 0.717) is 11.9 Å². The molecule has 2 aromatic rings. The van der Waals surface area contributed by atoms with Gasteiger partial charge < -0.3 is 25.5 Å². The molecule has 0 aliphatic carbocycles. The molecule has 158 valence electrons. The maximum absolute atomic E-state index is 11.6. The van der Waals surface area contributed by atoms with Crippen molar-refractivity contribution < 1.29 is 27.2 Å². The number of esters is 1. The van der Waals surface area contributed by atoms with Crippen molar-refractivity contribution in [2.24, 2.45) is 11.7 Å². The molecular formula is C14H23N6O7S-. The number of H-pyrrole nitrogens is 1. The van der Waals surface area contributed by atoms with E-state index in [1.165, 1.54) is 10.9 Å². The first kappa shape index (κ1) is 23.5. The number of nitrogens with zero attached hydrogens (tertiary/aromatic N) is 3. The Morgan fingerprint density at radius 1 is 1.39 bits per heavy atom. The highest BCUT2D eigenvalue weighted by Crippen LogP contribution is 2.06. The van der Waals surface area contributed by atoms with E-state index in [4.69, 9.17) is 33.9 Å². The smallest absolute Gasteiger partial charge is 0.323 e. The number of carbonyl (C=O) groups excluding carboxylic acids is 1. The predicted molar refractivity (Wildman–Crippen MR) is 97.9 cm³/mol. The fourth-order valence-electron chi connectivity index (χ4n) is 1.80. The van der Waals surface area contributed by atoms with Crippen molar-refractivity contribution >= 4 is 33.2 Å². The lowest BCUT2D eigenvalue weighted by Gasteiger charge is -2.14. The van der Waals surface area contributed by atoms with Crippen LogP contribution in [0.5, 0.6) is 0 Å². The number of anilines is 1. The van der Waals surface area contributed by atoms with Crippen molar-refractivity contribution in [2.45, 2.75) is 26.6 Å². The summed E-state index contributed by atoms with van der Waals surface area (Å²) in [7, 11) is -3.92. The van der Waals surface area contributed by atoms with Crippen LogP contribution in [0, 0.1) is 5.92 Å². The summed E-state index contributed by atoms with van der Waals surface area (Å²) in [6.07, 6.45) is 2.03. The van der Waals surface area contributed by atoms with Crippen molar-refractivity contribution in [2.75, 3.05) is 25.2 Å². The average molecular weight is 419 g/mol. The molecule has 0 saturated heterocycles. The van der Waals surface area contributed by atoms with E-state index in [1.54, 1.807) is 0 Å². The van der Waals surface area contributed by atoms with Gasteiger partial charge in [-0.25, -0.2) is 13.4 Å². The third kappa shape index (κ3) is 7.99. The number of imidazole rings is 1. The molecule has 2 aromatic heterocycles. The van der Waals surface area contributed by atoms with Crippen LogP contribution in [0.25, 0.3) is 11.2 Å². The third-order valence-electron chi connectivity index (χ3n) is 3.19. The van der Waals surface area contributed by atoms with Gasteiger partial charge in [0.25, 0.3) is 5.56 Å². The number of rotatable bonds is 7. The van der Waals surface area contributed by atoms with Gasteiger partial charge in [-0.05, 0) is 5.92 Å². The van der Waals surface area contributed by atoms with Gasteiger partial charge in [0.2, 0.25) is 5.95 Å². The zero-order valence-corrected chi connectivity index (χ0v) is 16.4. The quantitative estimate of drug-likeness (QED) is 0.263. The first-order valence-electron chi connectivity index (χ1n) is 8.01. The van der Waals surface area contributed by atoms with E-state index in [9.17, 15) is 9.59 Å². The largest absolute Gasteiger partial charge is 0.748 e. The highest BCUT2D eigenvalue weighted by molar-refractivity contribution is 7.84. The van der Waals surface area contributed by atoms with Crippen molar-refractivity contribution in [3.05, 3.63) is 16.7 Å². The minimum absolute atomic E-state index is 0.000790. The molecule has 28 heavy (non-hydrogen) atoms. The van der Waals surface area contributed by atoms with Gasteiger partial charge in [0.15, 0.2) is 11.2 Å². The topological polar surface area (TPSA) is 208 Å². The molecule has 0 saturated carbocycles. The Labute approximate surface area is 160 Å². The molecule has 14 heteroatoms. The van der Waals surface area contributed by atoms with E-state index in [0.717, 1.165) is 0 Å². The van der Waals surface area contributed by atoms with E-state index in [1.807, 2.05) is 13.8 Å². The number of aromatic amines is 1. The Bertz CT molecular complexity index is 945. The second kappa shape index (κ2) is 10.1. The van der Waals surface area contributed by atoms with Crippen LogP contribution in [0.1, 0.15) is 13.8 Å². The van der Waals surface area contributed by atoms with Gasteiger partial charge in [-0.2, -0.15) is 4.98 Å². The van der Waals surface area contributed by atoms with E-state index in [2.05, 4.69) is 15.0 Å². The number of nitrogens with two attached hydrogens (primary N) is 2. The molecule has 0 spiro atoms. The number of nitrogens with one attached hydrogen (secondary N) is 1. The van der Waals surface area contributed by atoms with Gasteiger partial charge in [0.1, 0.15) is 19.4 Å². The van der Waals surface area contributed by atoms with E-state index in [-0.39, 0.29) is 37.3 Å². The van der Waals surface area contributed by atoms with Crippen LogP contribution >= 0.6 is 0 Å². The summed E-state index contributed by atoms with van der Waals surface area (Å²) in [6, 6.07) is -0.647. The molecule has 5 N–H and O–H groups in total. The van der Waals surface area contributed by atoms with Crippen LogP contribution in [0.2, 0.25) is 0 Å². The van der Waals surface area contributed by atoms with Gasteiger partial charge in [-0.15, -0.1) is 0 Å². The number of aromatic nitrogens is 4. The zero-order chi connectivity index (χ0) is 21.5. The number of fused-ring (bicyclic) bond motifs is 1. The summed E-state index contributed by atoms with van der Waals surface area (Å²) in [5, 5.41) is 0. The molecule has 0 aliphatic heterocycles. The van der Waals surface area contributed by atoms with Crippen molar-refractivity contribution in [1.82, 2.24) is 19.5 Å². The van der Waals surface area contributed by atoms with Crippen molar-refractivity contribution in [1.29, 1.82) is 0 Å². The summed E-state index contributed by atoms with van der Waals surface area (Å²) in [5.74, 6) is -0.450. The molecule has 2 rings (SSSR count). The first-order chi connectivity index (χ1) is 12.9. The minimum Gasteiger partial charge on any atom is -0.748 e. The molecule has 0 aromatic carbocycles. The second-order valence-electron chi connectivity index (χ2n) is 6.02. The zero-order valence-electron chi connectivity index (χ0n) is 15.6. The fourth-order valence-corrected chi connectivity index (χ4v) is 1.80. The summed E-state index contributed by atoms with van der Waals surface area (Å²) in [4.78, 5) is 33.5. The second-order valence-corrected chi connectivity index (χ2v) is 7.42. The lowest BCUT2D eigenvalue weighted by molar-refractivity contribution is -0.148. The maximum atomic E-state index is 11.6. The lowest BCUT2D eigenvalue weighted by Crippen LogP contribution is -2.37. The van der Waals surface area contributed by atoms with Crippen LogP contribution in [0.15, 0.2) is 11.1 Å². The number of nitrogen functional groups attached to an aromatic ring is 1. The summed E-state index contributed by atoms with van der Waals surface area (Å²) < 4.78 is 39.1. The predicted octanol–water partition coefficient (Wildman–Crippen LogP) is -1.64. The number of hydrogen-bond acceptors (Lipinski definition) is 11. The van der Waals surface area contributed by atoms with Gasteiger partial charge >= 0.3 is 5.97 Å². The Balaban J connectivity index is 0.000000696. The number of ether oxygens (including phenoxy) is 2. The van der Waals surface area contributed by atoms with Crippen molar-refractivity contribution in [3.8, 4) is 0 Å². The normalized spacial score (nSPS) is 12.5. The van der Waals surface area contributed by atoms with Gasteiger partial charge in [0.05, 0.1) is 23.1 Å². The molecule has 2 heterocycles. The van der Waals surface area contributed by atoms with Gasteiger partial charge in [-0.3, -0.25) is 19.1 Å². The average Bonchev–Trinajstić information content (AvgIpc) is 2.95. The standard InChI is InChI=1S/C13H20N6O4.CH4O3S/c1-7(2)8(14)12(21)23-4-3-22-6-19-5-16-9-10(19)17-13(15)18-11(9)20;1-5(2,3)4/h5,7-8H,3-4,6,14H2,1-2H3,(H3,15,17,18,20);1H3,(H,2,3,4)/p-1/t8-;/m0./s1.